The zero-order valence-corrected chi connectivity index (χ0v) is 13.5. The molecule has 1 aromatic carbocycles. The van der Waals surface area contributed by atoms with Crippen LogP contribution in [0, 0.1) is 13.8 Å². The number of carboxylic acids is 1. The summed E-state index contributed by atoms with van der Waals surface area (Å²) in [5, 5.41) is 12.3. The first-order valence-corrected chi connectivity index (χ1v) is 7.61. The van der Waals surface area contributed by atoms with E-state index in [1.54, 1.807) is 0 Å². The average Bonchev–Trinajstić information content (AvgIpc) is 2.44. The minimum atomic E-state index is -1.12. The molecule has 120 valence electrons. The van der Waals surface area contributed by atoms with Crippen molar-refractivity contribution in [2.24, 2.45) is 0 Å². The highest BCUT2D eigenvalue weighted by molar-refractivity contribution is 5.88. The lowest BCUT2D eigenvalue weighted by Crippen LogP contribution is -2.59. The maximum absolute atomic E-state index is 12.3. The predicted octanol–water partition coefficient (Wildman–Crippen LogP) is 1.51. The number of benzene rings is 1. The first-order chi connectivity index (χ1) is 10.3. The number of piperidine rings is 1. The molecule has 0 saturated carbocycles. The van der Waals surface area contributed by atoms with Crippen LogP contribution in [-0.4, -0.2) is 47.6 Å². The molecule has 0 atom stereocenters. The van der Waals surface area contributed by atoms with Crippen LogP contribution in [0.5, 0.6) is 0 Å². The van der Waals surface area contributed by atoms with Crippen molar-refractivity contribution in [1.82, 2.24) is 10.2 Å². The Kier molecular flexibility index (Phi) is 4.86. The number of aryl methyl sites for hydroxylation is 2. The van der Waals surface area contributed by atoms with Gasteiger partial charge in [-0.1, -0.05) is 23.8 Å². The summed E-state index contributed by atoms with van der Waals surface area (Å²) in [6.07, 6.45) is 1.10. The third-order valence-corrected chi connectivity index (χ3v) is 4.48. The second kappa shape index (κ2) is 6.48. The van der Waals surface area contributed by atoms with E-state index in [2.05, 4.69) is 10.2 Å². The van der Waals surface area contributed by atoms with E-state index in [1.165, 1.54) is 0 Å². The van der Waals surface area contributed by atoms with Gasteiger partial charge in [-0.3, -0.25) is 4.79 Å². The summed E-state index contributed by atoms with van der Waals surface area (Å²) in [7, 11) is 1.96. The minimum Gasteiger partial charge on any atom is -0.480 e. The lowest BCUT2D eigenvalue weighted by atomic mass is 9.87. The number of carbonyl (C=O) groups excluding carboxylic acids is 1. The molecule has 0 aliphatic carbocycles. The summed E-state index contributed by atoms with van der Waals surface area (Å²) >= 11 is 0. The van der Waals surface area contributed by atoms with Gasteiger partial charge in [0.1, 0.15) is 5.54 Å². The van der Waals surface area contributed by atoms with Crippen molar-refractivity contribution in [3.63, 3.8) is 0 Å². The quantitative estimate of drug-likeness (QED) is 0.884. The van der Waals surface area contributed by atoms with E-state index in [0.717, 1.165) is 16.7 Å². The van der Waals surface area contributed by atoms with Gasteiger partial charge in [0, 0.05) is 13.1 Å². The van der Waals surface area contributed by atoms with Crippen LogP contribution >= 0.6 is 0 Å². The molecular formula is C17H24N2O3. The van der Waals surface area contributed by atoms with E-state index in [9.17, 15) is 14.7 Å². The molecule has 0 bridgehead atoms. The summed E-state index contributed by atoms with van der Waals surface area (Å²) in [5.41, 5.74) is 2.03. The van der Waals surface area contributed by atoms with Crippen LogP contribution in [0.4, 0.5) is 0 Å². The van der Waals surface area contributed by atoms with Gasteiger partial charge in [0.15, 0.2) is 0 Å². The van der Waals surface area contributed by atoms with Gasteiger partial charge in [-0.25, -0.2) is 4.79 Å². The van der Waals surface area contributed by atoms with Gasteiger partial charge >= 0.3 is 5.97 Å². The molecular weight excluding hydrogens is 280 g/mol. The van der Waals surface area contributed by atoms with E-state index < -0.39 is 11.5 Å². The number of likely N-dealkylation sites (tertiary alicyclic amines) is 1. The fraction of sp³-hybridized carbons (Fsp3) is 0.529. The first-order valence-electron chi connectivity index (χ1n) is 7.61. The second-order valence-electron chi connectivity index (χ2n) is 6.35. The molecule has 2 N–H and O–H groups in total. The van der Waals surface area contributed by atoms with Crippen LogP contribution in [0.3, 0.4) is 0 Å². The first kappa shape index (κ1) is 16.5. The number of amides is 1. The molecule has 1 fully saturated rings. The van der Waals surface area contributed by atoms with Crippen molar-refractivity contribution < 1.29 is 14.7 Å². The predicted molar refractivity (Wildman–Crippen MR) is 84.9 cm³/mol. The molecule has 1 amide bonds. The van der Waals surface area contributed by atoms with E-state index in [0.29, 0.717) is 25.9 Å². The lowest BCUT2D eigenvalue weighted by Gasteiger charge is -2.37. The second-order valence-corrected chi connectivity index (χ2v) is 6.35. The molecule has 1 heterocycles. The Morgan fingerprint density at radius 1 is 1.27 bits per heavy atom. The molecule has 2 rings (SSSR count). The highest BCUT2D eigenvalue weighted by Crippen LogP contribution is 2.22. The Morgan fingerprint density at radius 3 is 2.45 bits per heavy atom. The summed E-state index contributed by atoms with van der Waals surface area (Å²) in [4.78, 5) is 26.1. The zero-order valence-electron chi connectivity index (χ0n) is 13.5. The number of aliphatic carboxylic acids is 1. The smallest absolute Gasteiger partial charge is 0.329 e. The SMILES string of the molecule is Cc1ccc(CC(=O)NC2(C(=O)O)CCN(C)CC2)c(C)c1. The Bertz CT molecular complexity index is 575. The maximum atomic E-state index is 12.3. The van der Waals surface area contributed by atoms with Crippen LogP contribution in [0.2, 0.25) is 0 Å². The molecule has 0 spiro atoms. The summed E-state index contributed by atoms with van der Waals surface area (Å²) in [5.74, 6) is -1.16. The standard InChI is InChI=1S/C17H24N2O3/c1-12-4-5-14(13(2)10-12)11-15(20)18-17(16(21)22)6-8-19(3)9-7-17/h4-5,10H,6-9,11H2,1-3H3,(H,18,20)(H,21,22). The third kappa shape index (κ3) is 3.65. The average molecular weight is 304 g/mol. The zero-order chi connectivity index (χ0) is 16.3. The highest BCUT2D eigenvalue weighted by Gasteiger charge is 2.42. The molecule has 1 aliphatic rings. The van der Waals surface area contributed by atoms with Crippen LogP contribution < -0.4 is 5.32 Å². The van der Waals surface area contributed by atoms with Crippen LogP contribution in [0.1, 0.15) is 29.5 Å². The van der Waals surface area contributed by atoms with Crippen LogP contribution in [-0.2, 0) is 16.0 Å². The largest absolute Gasteiger partial charge is 0.480 e. The molecule has 1 saturated heterocycles. The van der Waals surface area contributed by atoms with Gasteiger partial charge in [-0.05, 0) is 44.9 Å². The molecule has 5 heteroatoms. The molecule has 5 nitrogen and oxygen atoms in total. The number of nitrogens with one attached hydrogen (secondary N) is 1. The Labute approximate surface area is 131 Å². The highest BCUT2D eigenvalue weighted by atomic mass is 16.4. The van der Waals surface area contributed by atoms with E-state index in [1.807, 2.05) is 39.1 Å². The number of carboxylic acid groups (broad SMARTS) is 1. The molecule has 0 unspecified atom stereocenters. The van der Waals surface area contributed by atoms with Crippen molar-refractivity contribution >= 4 is 11.9 Å². The number of hydrogen-bond acceptors (Lipinski definition) is 3. The number of carbonyl (C=O) groups is 2. The topological polar surface area (TPSA) is 69.6 Å². The summed E-state index contributed by atoms with van der Waals surface area (Å²) in [6, 6.07) is 5.94. The van der Waals surface area contributed by atoms with Crippen molar-refractivity contribution in [3.8, 4) is 0 Å². The third-order valence-electron chi connectivity index (χ3n) is 4.48. The minimum absolute atomic E-state index is 0.219. The normalized spacial score (nSPS) is 18.0. The maximum Gasteiger partial charge on any atom is 0.329 e. The van der Waals surface area contributed by atoms with E-state index in [-0.39, 0.29) is 12.3 Å². The van der Waals surface area contributed by atoms with Crippen LogP contribution in [0.25, 0.3) is 0 Å². The summed E-state index contributed by atoms with van der Waals surface area (Å²) < 4.78 is 0. The van der Waals surface area contributed by atoms with Gasteiger partial charge in [-0.2, -0.15) is 0 Å². The van der Waals surface area contributed by atoms with Crippen molar-refractivity contribution in [2.45, 2.75) is 38.6 Å². The molecule has 1 aromatic rings. The van der Waals surface area contributed by atoms with E-state index in [4.69, 9.17) is 0 Å². The Morgan fingerprint density at radius 2 is 1.91 bits per heavy atom. The van der Waals surface area contributed by atoms with Crippen molar-refractivity contribution in [1.29, 1.82) is 0 Å². The Hall–Kier alpha value is -1.88. The van der Waals surface area contributed by atoms with Gasteiger partial charge in [0.25, 0.3) is 0 Å². The monoisotopic (exact) mass is 304 g/mol. The summed E-state index contributed by atoms with van der Waals surface area (Å²) in [6.45, 7) is 5.33. The number of hydrogen-bond donors (Lipinski definition) is 2. The Balaban J connectivity index is 2.07. The molecule has 1 aliphatic heterocycles. The van der Waals surface area contributed by atoms with E-state index >= 15 is 0 Å². The lowest BCUT2D eigenvalue weighted by molar-refractivity contribution is -0.149. The number of rotatable bonds is 4. The van der Waals surface area contributed by atoms with Crippen LogP contribution in [0.15, 0.2) is 18.2 Å². The number of nitrogens with zero attached hydrogens (tertiary/aromatic N) is 1. The van der Waals surface area contributed by atoms with Crippen molar-refractivity contribution in [2.75, 3.05) is 20.1 Å². The fourth-order valence-corrected chi connectivity index (χ4v) is 2.92. The van der Waals surface area contributed by atoms with Gasteiger partial charge in [0.05, 0.1) is 6.42 Å². The van der Waals surface area contributed by atoms with Crippen molar-refractivity contribution in [3.05, 3.63) is 34.9 Å². The molecule has 22 heavy (non-hydrogen) atoms. The molecule has 0 radical (unpaired) electrons. The van der Waals surface area contributed by atoms with Gasteiger partial charge in [-0.15, -0.1) is 0 Å². The van der Waals surface area contributed by atoms with Gasteiger partial charge in [0.2, 0.25) is 5.91 Å². The van der Waals surface area contributed by atoms with Gasteiger partial charge < -0.3 is 15.3 Å². The molecule has 0 aromatic heterocycles. The fourth-order valence-electron chi connectivity index (χ4n) is 2.92.